The van der Waals surface area contributed by atoms with E-state index in [0.717, 1.165) is 32.1 Å². The van der Waals surface area contributed by atoms with Gasteiger partial charge in [0, 0.05) is 12.1 Å². The van der Waals surface area contributed by atoms with Gasteiger partial charge in [-0.1, -0.05) is 31.0 Å². The zero-order chi connectivity index (χ0) is 16.9. The van der Waals surface area contributed by atoms with E-state index in [1.807, 2.05) is 0 Å². The first-order valence-corrected chi connectivity index (χ1v) is 9.41. The number of carboxylic acids is 1. The standard InChI is InChI=1S/C16H15FN2O3S2/c17-8-6-9-11(7-10(8)20)23-13(18-9)14-19-12(15(21)22)16(24-14)4-2-1-3-5-16/h6-7,12,20H,1-5H2,(H,21,22). The fourth-order valence-electron chi connectivity index (χ4n) is 3.44. The fourth-order valence-corrected chi connectivity index (χ4v) is 6.00. The zero-order valence-corrected chi connectivity index (χ0v) is 14.3. The topological polar surface area (TPSA) is 82.8 Å². The average molecular weight is 366 g/mol. The molecule has 0 bridgehead atoms. The van der Waals surface area contributed by atoms with Gasteiger partial charge in [-0.25, -0.2) is 14.2 Å². The molecule has 2 aliphatic rings. The predicted octanol–water partition coefficient (Wildman–Crippen LogP) is 3.79. The molecule has 24 heavy (non-hydrogen) atoms. The molecule has 1 aliphatic carbocycles. The van der Waals surface area contributed by atoms with Crippen LogP contribution in [-0.4, -0.2) is 37.0 Å². The van der Waals surface area contributed by atoms with E-state index in [2.05, 4.69) is 9.98 Å². The first-order chi connectivity index (χ1) is 11.5. The summed E-state index contributed by atoms with van der Waals surface area (Å²) in [5.41, 5.74) is 0.449. The van der Waals surface area contributed by atoms with Gasteiger partial charge in [0.2, 0.25) is 0 Å². The Balaban J connectivity index is 1.73. The van der Waals surface area contributed by atoms with Crippen LogP contribution in [0.2, 0.25) is 0 Å². The number of phenolic OH excluding ortho intramolecular Hbond substituents is 1. The number of phenols is 1. The number of halogens is 1. The smallest absolute Gasteiger partial charge is 0.329 e. The van der Waals surface area contributed by atoms with E-state index in [0.29, 0.717) is 20.3 Å². The van der Waals surface area contributed by atoms with Crippen molar-refractivity contribution in [2.75, 3.05) is 0 Å². The number of benzene rings is 1. The molecule has 1 fully saturated rings. The molecule has 1 aliphatic heterocycles. The second-order valence-corrected chi connectivity index (χ2v) is 8.63. The van der Waals surface area contributed by atoms with Crippen LogP contribution < -0.4 is 0 Å². The van der Waals surface area contributed by atoms with E-state index in [9.17, 15) is 19.4 Å². The third-order valence-corrected chi connectivity index (χ3v) is 7.30. The van der Waals surface area contributed by atoms with Gasteiger partial charge in [0.25, 0.3) is 0 Å². The van der Waals surface area contributed by atoms with Crippen molar-refractivity contribution in [2.45, 2.75) is 42.9 Å². The third kappa shape index (κ3) is 2.48. The third-order valence-electron chi connectivity index (χ3n) is 4.62. The highest BCUT2D eigenvalue weighted by molar-refractivity contribution is 8.16. The lowest BCUT2D eigenvalue weighted by molar-refractivity contribution is -0.139. The van der Waals surface area contributed by atoms with E-state index in [-0.39, 0.29) is 4.75 Å². The highest BCUT2D eigenvalue weighted by Gasteiger charge is 2.50. The summed E-state index contributed by atoms with van der Waals surface area (Å²) in [4.78, 5) is 20.5. The van der Waals surface area contributed by atoms with Crippen LogP contribution in [0.15, 0.2) is 17.1 Å². The molecule has 2 aromatic rings. The molecule has 0 radical (unpaired) electrons. The maximum absolute atomic E-state index is 13.5. The molecule has 1 unspecified atom stereocenters. The molecule has 2 heterocycles. The van der Waals surface area contributed by atoms with Crippen molar-refractivity contribution in [2.24, 2.45) is 4.99 Å². The summed E-state index contributed by atoms with van der Waals surface area (Å²) in [5.74, 6) is -2.03. The molecule has 1 atom stereocenters. The van der Waals surface area contributed by atoms with Crippen molar-refractivity contribution in [3.8, 4) is 5.75 Å². The number of hydrogen-bond acceptors (Lipinski definition) is 6. The van der Waals surface area contributed by atoms with Gasteiger partial charge in [-0.2, -0.15) is 0 Å². The van der Waals surface area contributed by atoms with E-state index in [1.165, 1.54) is 35.2 Å². The highest BCUT2D eigenvalue weighted by atomic mass is 32.2. The lowest BCUT2D eigenvalue weighted by Gasteiger charge is -2.34. The summed E-state index contributed by atoms with van der Waals surface area (Å²) in [5, 5.41) is 20.3. The van der Waals surface area contributed by atoms with Crippen LogP contribution >= 0.6 is 23.1 Å². The first kappa shape index (κ1) is 15.8. The van der Waals surface area contributed by atoms with Crippen LogP contribution in [-0.2, 0) is 4.79 Å². The monoisotopic (exact) mass is 366 g/mol. The number of rotatable bonds is 2. The summed E-state index contributed by atoms with van der Waals surface area (Å²) >= 11 is 2.80. The minimum Gasteiger partial charge on any atom is -0.505 e. The molecule has 2 N–H and O–H groups in total. The van der Waals surface area contributed by atoms with Crippen molar-refractivity contribution in [1.29, 1.82) is 0 Å². The summed E-state index contributed by atoms with van der Waals surface area (Å²) in [7, 11) is 0. The number of aromatic hydroxyl groups is 1. The van der Waals surface area contributed by atoms with Gasteiger partial charge in [-0.05, 0) is 12.8 Å². The Kier molecular flexibility index (Phi) is 3.76. The Morgan fingerprint density at radius 3 is 2.75 bits per heavy atom. The SMILES string of the molecule is O=C(O)C1N=C(c2nc3cc(F)c(O)cc3s2)SC12CCCCC2. The van der Waals surface area contributed by atoms with Crippen LogP contribution in [0.3, 0.4) is 0 Å². The van der Waals surface area contributed by atoms with Gasteiger partial charge in [-0.3, -0.25) is 4.99 Å². The van der Waals surface area contributed by atoms with Crippen LogP contribution in [0.1, 0.15) is 37.1 Å². The zero-order valence-electron chi connectivity index (χ0n) is 12.7. The van der Waals surface area contributed by atoms with Gasteiger partial charge in [0.05, 0.1) is 15.0 Å². The molecule has 1 aromatic heterocycles. The molecule has 8 heteroatoms. The normalized spacial score (nSPS) is 22.9. The molecule has 1 saturated carbocycles. The predicted molar refractivity (Wildman–Crippen MR) is 92.6 cm³/mol. The van der Waals surface area contributed by atoms with Gasteiger partial charge < -0.3 is 10.2 Å². The molecule has 1 spiro atoms. The Morgan fingerprint density at radius 1 is 1.29 bits per heavy atom. The van der Waals surface area contributed by atoms with Crippen LogP contribution in [0.4, 0.5) is 4.39 Å². The number of carboxylic acid groups (broad SMARTS) is 1. The largest absolute Gasteiger partial charge is 0.505 e. The van der Waals surface area contributed by atoms with Crippen molar-refractivity contribution in [3.05, 3.63) is 23.0 Å². The van der Waals surface area contributed by atoms with E-state index < -0.39 is 23.6 Å². The first-order valence-electron chi connectivity index (χ1n) is 7.77. The van der Waals surface area contributed by atoms with Gasteiger partial charge in [0.1, 0.15) is 10.1 Å². The second kappa shape index (κ2) is 5.70. The Morgan fingerprint density at radius 2 is 2.04 bits per heavy atom. The van der Waals surface area contributed by atoms with E-state index in [1.54, 1.807) is 0 Å². The number of hydrogen-bond donors (Lipinski definition) is 2. The number of nitrogens with zero attached hydrogens (tertiary/aromatic N) is 2. The molecular weight excluding hydrogens is 351 g/mol. The molecule has 1 aromatic carbocycles. The maximum Gasteiger partial charge on any atom is 0.329 e. The van der Waals surface area contributed by atoms with Crippen LogP contribution in [0.5, 0.6) is 5.75 Å². The molecule has 5 nitrogen and oxygen atoms in total. The van der Waals surface area contributed by atoms with Crippen molar-refractivity contribution >= 4 is 44.3 Å². The molecule has 4 rings (SSSR count). The van der Waals surface area contributed by atoms with Crippen molar-refractivity contribution in [1.82, 2.24) is 4.98 Å². The van der Waals surface area contributed by atoms with E-state index in [4.69, 9.17) is 0 Å². The summed E-state index contributed by atoms with van der Waals surface area (Å²) in [6.07, 6.45) is 4.82. The minimum absolute atomic E-state index is 0.384. The number of thiazole rings is 1. The summed E-state index contributed by atoms with van der Waals surface area (Å²) < 4.78 is 13.8. The number of aliphatic carboxylic acids is 1. The van der Waals surface area contributed by atoms with Gasteiger partial charge in [-0.15, -0.1) is 11.3 Å². The maximum atomic E-state index is 13.5. The number of aromatic nitrogens is 1. The number of fused-ring (bicyclic) bond motifs is 1. The van der Waals surface area contributed by atoms with E-state index >= 15 is 0 Å². The van der Waals surface area contributed by atoms with Gasteiger partial charge in [0.15, 0.2) is 17.6 Å². The average Bonchev–Trinajstić information content (AvgIpc) is 3.10. The fraction of sp³-hybridized carbons (Fsp3) is 0.438. The lowest BCUT2D eigenvalue weighted by Crippen LogP contribution is -2.42. The van der Waals surface area contributed by atoms with Crippen LogP contribution in [0, 0.1) is 5.82 Å². The highest BCUT2D eigenvalue weighted by Crippen LogP contribution is 2.50. The molecule has 126 valence electrons. The lowest BCUT2D eigenvalue weighted by atomic mass is 9.83. The van der Waals surface area contributed by atoms with Crippen molar-refractivity contribution in [3.63, 3.8) is 0 Å². The number of carbonyl (C=O) groups is 1. The second-order valence-electron chi connectivity index (χ2n) is 6.19. The quantitative estimate of drug-likeness (QED) is 0.845. The molecule has 0 amide bonds. The Hall–Kier alpha value is -1.67. The van der Waals surface area contributed by atoms with Crippen LogP contribution in [0.25, 0.3) is 10.2 Å². The summed E-state index contributed by atoms with van der Waals surface area (Å²) in [6.45, 7) is 0. The summed E-state index contributed by atoms with van der Waals surface area (Å²) in [6, 6.07) is 1.78. The Labute approximate surface area is 145 Å². The van der Waals surface area contributed by atoms with Crippen molar-refractivity contribution < 1.29 is 19.4 Å². The molecule has 0 saturated heterocycles. The molecular formula is C16H15FN2O3S2. The Bertz CT molecular complexity index is 819. The van der Waals surface area contributed by atoms with Gasteiger partial charge >= 0.3 is 5.97 Å². The number of aliphatic imine (C=N–C) groups is 1. The minimum atomic E-state index is -0.899. The number of thioether (sulfide) groups is 1.